The third kappa shape index (κ3) is 6.67. The molecule has 3 aromatic rings. The van der Waals surface area contributed by atoms with Crippen molar-refractivity contribution in [2.24, 2.45) is 0 Å². The second-order valence-corrected chi connectivity index (χ2v) is 9.04. The third-order valence-corrected chi connectivity index (χ3v) is 6.21. The maximum Gasteiger partial charge on any atom is 0.220 e. The summed E-state index contributed by atoms with van der Waals surface area (Å²) in [6.07, 6.45) is 2.96. The maximum absolute atomic E-state index is 12.1. The summed E-state index contributed by atoms with van der Waals surface area (Å²) in [7, 11) is 0. The summed E-state index contributed by atoms with van der Waals surface area (Å²) in [5.41, 5.74) is 4.62. The molecule has 30 heavy (non-hydrogen) atoms. The lowest BCUT2D eigenvalue weighted by Crippen LogP contribution is -2.25. The Morgan fingerprint density at radius 1 is 1.17 bits per heavy atom. The lowest BCUT2D eigenvalue weighted by Gasteiger charge is -2.10. The topological polar surface area (TPSA) is 51.2 Å². The highest BCUT2D eigenvalue weighted by atomic mass is 79.9. The van der Waals surface area contributed by atoms with Crippen LogP contribution >= 0.6 is 27.3 Å². The van der Waals surface area contributed by atoms with Gasteiger partial charge in [-0.1, -0.05) is 37.3 Å². The smallest absolute Gasteiger partial charge is 0.220 e. The summed E-state index contributed by atoms with van der Waals surface area (Å²) in [6, 6.07) is 14.5. The van der Waals surface area contributed by atoms with Crippen molar-refractivity contribution in [1.29, 1.82) is 0 Å². The van der Waals surface area contributed by atoms with E-state index < -0.39 is 0 Å². The highest BCUT2D eigenvalue weighted by molar-refractivity contribution is 9.10. The van der Waals surface area contributed by atoms with Gasteiger partial charge in [-0.3, -0.25) is 4.79 Å². The molecule has 6 heteroatoms. The molecule has 1 amide bonds. The molecule has 3 rings (SSSR count). The van der Waals surface area contributed by atoms with E-state index in [0.717, 1.165) is 39.3 Å². The molecule has 0 fully saturated rings. The van der Waals surface area contributed by atoms with Crippen LogP contribution in [0.1, 0.15) is 35.9 Å². The van der Waals surface area contributed by atoms with Crippen molar-refractivity contribution >= 4 is 33.2 Å². The van der Waals surface area contributed by atoms with Crippen LogP contribution in [0.5, 0.6) is 5.75 Å². The van der Waals surface area contributed by atoms with Crippen molar-refractivity contribution in [3.05, 3.63) is 68.5 Å². The van der Waals surface area contributed by atoms with Crippen LogP contribution in [0.3, 0.4) is 0 Å². The van der Waals surface area contributed by atoms with Gasteiger partial charge in [-0.2, -0.15) is 0 Å². The molecule has 0 saturated carbocycles. The van der Waals surface area contributed by atoms with E-state index in [0.29, 0.717) is 26.0 Å². The van der Waals surface area contributed by atoms with Crippen LogP contribution in [0.15, 0.2) is 52.3 Å². The zero-order chi connectivity index (χ0) is 21.3. The second-order valence-electron chi connectivity index (χ2n) is 7.12. The summed E-state index contributed by atoms with van der Waals surface area (Å²) in [4.78, 5) is 16.6. The van der Waals surface area contributed by atoms with Crippen LogP contribution < -0.4 is 10.1 Å². The third-order valence-electron chi connectivity index (χ3n) is 4.81. The molecule has 0 aliphatic heterocycles. The Hall–Kier alpha value is -2.18. The fraction of sp³-hybridized carbons (Fsp3) is 0.333. The molecule has 1 aromatic heterocycles. The van der Waals surface area contributed by atoms with Gasteiger partial charge in [-0.15, -0.1) is 11.3 Å². The molecule has 1 N–H and O–H groups in total. The molecule has 1 heterocycles. The first-order valence-electron chi connectivity index (χ1n) is 10.2. The minimum atomic E-state index is 0.0635. The molecule has 0 spiro atoms. The molecule has 2 aromatic carbocycles. The van der Waals surface area contributed by atoms with Gasteiger partial charge >= 0.3 is 0 Å². The van der Waals surface area contributed by atoms with E-state index >= 15 is 0 Å². The first kappa shape index (κ1) is 22.5. The molecule has 158 valence electrons. The number of thiazole rings is 1. The van der Waals surface area contributed by atoms with Crippen LogP contribution in [0.25, 0.3) is 11.3 Å². The van der Waals surface area contributed by atoms with Crippen LogP contribution in [0, 0.1) is 6.92 Å². The van der Waals surface area contributed by atoms with Crippen molar-refractivity contribution < 1.29 is 9.53 Å². The molecular weight excluding hydrogens is 460 g/mol. The minimum Gasteiger partial charge on any atom is -0.492 e. The molecule has 0 aliphatic carbocycles. The van der Waals surface area contributed by atoms with Gasteiger partial charge in [0.25, 0.3) is 0 Å². The zero-order valence-electron chi connectivity index (χ0n) is 17.4. The molecule has 0 saturated heterocycles. The number of amides is 1. The fourth-order valence-electron chi connectivity index (χ4n) is 3.07. The monoisotopic (exact) mass is 486 g/mol. The Bertz CT molecular complexity index is 970. The molecule has 0 atom stereocenters. The SMILES string of the molecule is CCc1ccc(OCCCC(=O)NCCc2ccc(-c3csc(C)n3)cc2)c(Br)c1. The van der Waals surface area contributed by atoms with Gasteiger partial charge in [0.05, 0.1) is 21.8 Å². The number of nitrogens with zero attached hydrogens (tertiary/aromatic N) is 1. The number of benzene rings is 2. The van der Waals surface area contributed by atoms with Gasteiger partial charge in [-0.25, -0.2) is 4.98 Å². The largest absolute Gasteiger partial charge is 0.492 e. The number of carbonyl (C=O) groups excluding carboxylic acids is 1. The number of halogens is 1. The first-order chi connectivity index (χ1) is 14.5. The van der Waals surface area contributed by atoms with E-state index in [2.05, 4.69) is 74.9 Å². The predicted molar refractivity (Wildman–Crippen MR) is 127 cm³/mol. The normalized spacial score (nSPS) is 10.8. The van der Waals surface area contributed by atoms with E-state index in [1.165, 1.54) is 11.1 Å². The van der Waals surface area contributed by atoms with Gasteiger partial charge in [0.1, 0.15) is 5.75 Å². The van der Waals surface area contributed by atoms with Gasteiger partial charge in [0, 0.05) is 23.9 Å². The number of hydrogen-bond acceptors (Lipinski definition) is 4. The molecular formula is C24H27BrN2O2S. The van der Waals surface area contributed by atoms with Crippen LogP contribution in [-0.2, 0) is 17.6 Å². The van der Waals surface area contributed by atoms with E-state index in [4.69, 9.17) is 4.74 Å². The minimum absolute atomic E-state index is 0.0635. The average Bonchev–Trinajstić information content (AvgIpc) is 3.19. The number of nitrogens with one attached hydrogen (secondary N) is 1. The maximum atomic E-state index is 12.1. The quantitative estimate of drug-likeness (QED) is 0.359. The Balaban J connectivity index is 1.33. The molecule has 0 bridgehead atoms. The average molecular weight is 487 g/mol. The summed E-state index contributed by atoms with van der Waals surface area (Å²) in [5.74, 6) is 0.887. The van der Waals surface area contributed by atoms with Gasteiger partial charge < -0.3 is 10.1 Å². The Kier molecular flexibility index (Phi) is 8.46. The fourth-order valence-corrected chi connectivity index (χ4v) is 4.23. The first-order valence-corrected chi connectivity index (χ1v) is 11.9. The lowest BCUT2D eigenvalue weighted by molar-refractivity contribution is -0.121. The highest BCUT2D eigenvalue weighted by Gasteiger charge is 2.05. The van der Waals surface area contributed by atoms with Crippen molar-refractivity contribution in [2.45, 2.75) is 39.5 Å². The van der Waals surface area contributed by atoms with Gasteiger partial charge in [0.15, 0.2) is 0 Å². The summed E-state index contributed by atoms with van der Waals surface area (Å²) in [6.45, 7) is 5.30. The zero-order valence-corrected chi connectivity index (χ0v) is 19.8. The van der Waals surface area contributed by atoms with Crippen LogP contribution in [0.4, 0.5) is 0 Å². The molecule has 4 nitrogen and oxygen atoms in total. The second kappa shape index (κ2) is 11.3. The predicted octanol–water partition coefficient (Wildman–Crippen LogP) is 5.96. The van der Waals surface area contributed by atoms with Crippen molar-refractivity contribution in [1.82, 2.24) is 10.3 Å². The number of carbonyl (C=O) groups is 1. The Morgan fingerprint density at radius 2 is 1.93 bits per heavy atom. The Morgan fingerprint density at radius 3 is 2.60 bits per heavy atom. The molecule has 0 unspecified atom stereocenters. The van der Waals surface area contributed by atoms with Gasteiger partial charge in [-0.05, 0) is 65.4 Å². The Labute approximate surface area is 190 Å². The van der Waals surface area contributed by atoms with Gasteiger partial charge in [0.2, 0.25) is 5.91 Å². The van der Waals surface area contributed by atoms with Crippen molar-refractivity contribution in [3.63, 3.8) is 0 Å². The number of rotatable bonds is 10. The number of hydrogen-bond donors (Lipinski definition) is 1. The number of aromatic nitrogens is 1. The summed E-state index contributed by atoms with van der Waals surface area (Å²) in [5, 5.41) is 6.14. The van der Waals surface area contributed by atoms with E-state index in [-0.39, 0.29) is 5.91 Å². The van der Waals surface area contributed by atoms with E-state index in [9.17, 15) is 4.79 Å². The highest BCUT2D eigenvalue weighted by Crippen LogP contribution is 2.26. The van der Waals surface area contributed by atoms with E-state index in [1.54, 1.807) is 11.3 Å². The molecule has 0 aliphatic rings. The summed E-state index contributed by atoms with van der Waals surface area (Å²) < 4.78 is 6.74. The van der Waals surface area contributed by atoms with Crippen molar-refractivity contribution in [2.75, 3.05) is 13.2 Å². The van der Waals surface area contributed by atoms with Crippen molar-refractivity contribution in [3.8, 4) is 17.0 Å². The standard InChI is InChI=1S/C24H27BrN2O2S/c1-3-18-8-11-23(21(25)15-18)29-14-4-5-24(28)26-13-12-19-6-9-20(10-7-19)22-16-30-17(2)27-22/h6-11,15-16H,3-5,12-14H2,1-2H3,(H,26,28). The summed E-state index contributed by atoms with van der Waals surface area (Å²) >= 11 is 5.20. The number of ether oxygens (including phenoxy) is 1. The van der Waals surface area contributed by atoms with E-state index in [1.807, 2.05) is 13.0 Å². The molecule has 0 radical (unpaired) electrons. The lowest BCUT2D eigenvalue weighted by atomic mass is 10.1. The number of aryl methyl sites for hydroxylation is 2. The van der Waals surface area contributed by atoms with Crippen LogP contribution in [0.2, 0.25) is 0 Å². The van der Waals surface area contributed by atoms with Crippen LogP contribution in [-0.4, -0.2) is 24.0 Å².